The molecule has 4 aromatic rings. The van der Waals surface area contributed by atoms with E-state index in [9.17, 15) is 0 Å². The summed E-state index contributed by atoms with van der Waals surface area (Å²) in [5.41, 5.74) is 3.97. The first-order chi connectivity index (χ1) is 12.4. The Balaban J connectivity index is 1.60. The van der Waals surface area contributed by atoms with Gasteiger partial charge >= 0.3 is 0 Å². The molecule has 0 radical (unpaired) electrons. The van der Waals surface area contributed by atoms with E-state index in [1.807, 2.05) is 0 Å². The maximum Gasteiger partial charge on any atom is 0.0756 e. The topological polar surface area (TPSA) is 8.17 Å². The van der Waals surface area contributed by atoms with E-state index in [-0.39, 0.29) is 0 Å². The average molecular weight is 326 g/mol. The van der Waals surface area contributed by atoms with Gasteiger partial charge in [0.25, 0.3) is 0 Å². The average Bonchev–Trinajstić information content (AvgIpc) is 3.06. The minimum Gasteiger partial charge on any atom is -0.334 e. The third kappa shape index (κ3) is 3.81. The number of benzene rings is 3. The fourth-order valence-electron chi connectivity index (χ4n) is 3.32. The van der Waals surface area contributed by atoms with Crippen LogP contribution >= 0.6 is 0 Å². The van der Waals surface area contributed by atoms with Crippen molar-refractivity contribution in [3.8, 4) is 0 Å². The summed E-state index contributed by atoms with van der Waals surface area (Å²) in [5.74, 6) is 0. The molecule has 0 amide bonds. The first kappa shape index (κ1) is 15.7. The Morgan fingerprint density at radius 3 is 1.80 bits per heavy atom. The minimum atomic E-state index is 0.872. The standard InChI is InChI=1S/C23H22N2/c1-3-9-20(10-4-1)17-24(18-21-11-5-2-6-12-21)19-25-16-15-22-13-7-8-14-23(22)25/h1-16H,17-19H2. The summed E-state index contributed by atoms with van der Waals surface area (Å²) in [6, 6.07) is 32.2. The fourth-order valence-corrected chi connectivity index (χ4v) is 3.32. The normalized spacial score (nSPS) is 11.2. The quantitative estimate of drug-likeness (QED) is 0.467. The lowest BCUT2D eigenvalue weighted by atomic mass is 10.2. The molecule has 2 nitrogen and oxygen atoms in total. The largest absolute Gasteiger partial charge is 0.334 e. The highest BCUT2D eigenvalue weighted by molar-refractivity contribution is 5.79. The molecular weight excluding hydrogens is 304 g/mol. The summed E-state index contributed by atoms with van der Waals surface area (Å²) in [6.07, 6.45) is 2.19. The Morgan fingerprint density at radius 2 is 1.16 bits per heavy atom. The summed E-state index contributed by atoms with van der Waals surface area (Å²) in [7, 11) is 0. The molecular formula is C23H22N2. The Morgan fingerprint density at radius 1 is 0.600 bits per heavy atom. The van der Waals surface area contributed by atoms with Crippen molar-refractivity contribution in [1.82, 2.24) is 9.47 Å². The maximum atomic E-state index is 2.48. The molecule has 3 aromatic carbocycles. The Hall–Kier alpha value is -2.84. The number of rotatable bonds is 6. The van der Waals surface area contributed by atoms with Gasteiger partial charge in [0, 0.05) is 24.8 Å². The monoisotopic (exact) mass is 326 g/mol. The second-order valence-electron chi connectivity index (χ2n) is 6.44. The van der Waals surface area contributed by atoms with Gasteiger partial charge in [0.15, 0.2) is 0 Å². The van der Waals surface area contributed by atoms with Crippen LogP contribution in [0.5, 0.6) is 0 Å². The van der Waals surface area contributed by atoms with E-state index in [2.05, 4.69) is 107 Å². The van der Waals surface area contributed by atoms with Crippen LogP contribution in [0, 0.1) is 0 Å². The van der Waals surface area contributed by atoms with Gasteiger partial charge in [0.05, 0.1) is 6.67 Å². The number of hydrogen-bond acceptors (Lipinski definition) is 1. The molecule has 124 valence electrons. The zero-order valence-corrected chi connectivity index (χ0v) is 14.3. The van der Waals surface area contributed by atoms with Crippen molar-refractivity contribution in [2.24, 2.45) is 0 Å². The van der Waals surface area contributed by atoms with Gasteiger partial charge in [-0.25, -0.2) is 0 Å². The smallest absolute Gasteiger partial charge is 0.0756 e. The van der Waals surface area contributed by atoms with Gasteiger partial charge in [-0.1, -0.05) is 78.9 Å². The van der Waals surface area contributed by atoms with Crippen molar-refractivity contribution < 1.29 is 0 Å². The first-order valence-electron chi connectivity index (χ1n) is 8.72. The highest BCUT2D eigenvalue weighted by atomic mass is 15.2. The lowest BCUT2D eigenvalue weighted by Crippen LogP contribution is -2.25. The van der Waals surface area contributed by atoms with Gasteiger partial charge in [-0.3, -0.25) is 4.90 Å². The number of para-hydroxylation sites is 1. The summed E-state index contributed by atoms with van der Waals surface area (Å²) < 4.78 is 2.33. The number of fused-ring (bicyclic) bond motifs is 1. The van der Waals surface area contributed by atoms with E-state index >= 15 is 0 Å². The van der Waals surface area contributed by atoms with E-state index in [1.165, 1.54) is 22.0 Å². The molecule has 0 fully saturated rings. The van der Waals surface area contributed by atoms with E-state index in [0.29, 0.717) is 0 Å². The molecule has 0 saturated heterocycles. The van der Waals surface area contributed by atoms with Gasteiger partial charge in [-0.05, 0) is 28.6 Å². The van der Waals surface area contributed by atoms with E-state index in [4.69, 9.17) is 0 Å². The third-order valence-electron chi connectivity index (χ3n) is 4.53. The highest BCUT2D eigenvalue weighted by Gasteiger charge is 2.09. The Labute approximate surface area is 149 Å². The number of aromatic nitrogens is 1. The summed E-state index contributed by atoms with van der Waals surface area (Å²) >= 11 is 0. The van der Waals surface area contributed by atoms with E-state index in [1.54, 1.807) is 0 Å². The Bertz CT molecular complexity index is 884. The van der Waals surface area contributed by atoms with Crippen molar-refractivity contribution in [3.63, 3.8) is 0 Å². The molecule has 0 aliphatic heterocycles. The fraction of sp³-hybridized carbons (Fsp3) is 0.130. The van der Waals surface area contributed by atoms with Gasteiger partial charge in [0.2, 0.25) is 0 Å². The second kappa shape index (κ2) is 7.37. The third-order valence-corrected chi connectivity index (χ3v) is 4.53. The number of hydrogen-bond donors (Lipinski definition) is 0. The molecule has 0 aliphatic carbocycles. The lowest BCUT2D eigenvalue weighted by Gasteiger charge is -2.24. The number of nitrogens with zero attached hydrogens (tertiary/aromatic N) is 2. The molecule has 0 saturated carbocycles. The summed E-state index contributed by atoms with van der Waals surface area (Å²) in [4.78, 5) is 2.48. The van der Waals surface area contributed by atoms with Gasteiger partial charge in [0.1, 0.15) is 0 Å². The van der Waals surface area contributed by atoms with Crippen LogP contribution in [0.1, 0.15) is 11.1 Å². The lowest BCUT2D eigenvalue weighted by molar-refractivity contribution is 0.204. The van der Waals surface area contributed by atoms with E-state index in [0.717, 1.165) is 19.8 Å². The predicted molar refractivity (Wildman–Crippen MR) is 104 cm³/mol. The van der Waals surface area contributed by atoms with Gasteiger partial charge in [-0.2, -0.15) is 0 Å². The maximum absolute atomic E-state index is 2.48. The molecule has 2 heteroatoms. The molecule has 0 atom stereocenters. The van der Waals surface area contributed by atoms with Crippen LogP contribution in [-0.4, -0.2) is 9.47 Å². The van der Waals surface area contributed by atoms with Crippen LogP contribution in [0.15, 0.2) is 97.2 Å². The van der Waals surface area contributed by atoms with Crippen molar-refractivity contribution >= 4 is 10.9 Å². The van der Waals surface area contributed by atoms with Crippen LogP contribution in [0.3, 0.4) is 0 Å². The molecule has 25 heavy (non-hydrogen) atoms. The minimum absolute atomic E-state index is 0.872. The predicted octanol–water partition coefficient (Wildman–Crippen LogP) is 5.30. The molecule has 1 heterocycles. The molecule has 4 rings (SSSR count). The molecule has 0 spiro atoms. The van der Waals surface area contributed by atoms with E-state index < -0.39 is 0 Å². The SMILES string of the molecule is c1ccc(CN(Cc2ccccc2)Cn2ccc3ccccc32)cc1. The van der Waals surface area contributed by atoms with Crippen LogP contribution in [0.25, 0.3) is 10.9 Å². The summed E-state index contributed by atoms with van der Waals surface area (Å²) in [5, 5.41) is 1.29. The molecule has 0 aliphatic rings. The zero-order chi connectivity index (χ0) is 16.9. The second-order valence-corrected chi connectivity index (χ2v) is 6.44. The van der Waals surface area contributed by atoms with Crippen LogP contribution in [0.2, 0.25) is 0 Å². The Kier molecular flexibility index (Phi) is 4.62. The van der Waals surface area contributed by atoms with Crippen molar-refractivity contribution in [1.29, 1.82) is 0 Å². The van der Waals surface area contributed by atoms with Gasteiger partial charge < -0.3 is 4.57 Å². The zero-order valence-electron chi connectivity index (χ0n) is 14.3. The van der Waals surface area contributed by atoms with Crippen LogP contribution in [-0.2, 0) is 19.8 Å². The van der Waals surface area contributed by atoms with Crippen molar-refractivity contribution in [2.75, 3.05) is 0 Å². The molecule has 0 unspecified atom stereocenters. The summed E-state index contributed by atoms with van der Waals surface area (Å²) in [6.45, 7) is 2.74. The molecule has 0 N–H and O–H groups in total. The first-order valence-corrected chi connectivity index (χ1v) is 8.72. The molecule has 1 aromatic heterocycles. The molecule has 0 bridgehead atoms. The van der Waals surface area contributed by atoms with Gasteiger partial charge in [-0.15, -0.1) is 0 Å². The van der Waals surface area contributed by atoms with Crippen molar-refractivity contribution in [2.45, 2.75) is 19.8 Å². The van der Waals surface area contributed by atoms with Crippen LogP contribution < -0.4 is 0 Å². The van der Waals surface area contributed by atoms with Crippen LogP contribution in [0.4, 0.5) is 0 Å². The highest BCUT2D eigenvalue weighted by Crippen LogP contribution is 2.18. The van der Waals surface area contributed by atoms with Crippen molar-refractivity contribution in [3.05, 3.63) is 108 Å².